The quantitative estimate of drug-likeness (QED) is 0.683. The van der Waals surface area contributed by atoms with Gasteiger partial charge in [-0.15, -0.1) is 5.11 Å². The zero-order chi connectivity index (χ0) is 10.1. The maximum atomic E-state index is 11.3. The van der Waals surface area contributed by atoms with E-state index < -0.39 is 0 Å². The molecule has 0 atom stereocenters. The maximum Gasteiger partial charge on any atom is 0.297 e. The minimum absolute atomic E-state index is 0.285. The summed E-state index contributed by atoms with van der Waals surface area (Å²) in [4.78, 5) is 11.3. The van der Waals surface area contributed by atoms with E-state index in [-0.39, 0.29) is 5.91 Å². The molecule has 2 rings (SSSR count). The van der Waals surface area contributed by atoms with Crippen LogP contribution in [-0.2, 0) is 4.79 Å². The van der Waals surface area contributed by atoms with Crippen LogP contribution < -0.4 is 5.73 Å². The lowest BCUT2D eigenvalue weighted by molar-refractivity contribution is -0.112. The summed E-state index contributed by atoms with van der Waals surface area (Å²) >= 11 is 0. The minimum Gasteiger partial charge on any atom is -0.399 e. The molecule has 0 fully saturated rings. The van der Waals surface area contributed by atoms with Gasteiger partial charge in [0.25, 0.3) is 5.91 Å². The van der Waals surface area contributed by atoms with Gasteiger partial charge in [0.15, 0.2) is 0 Å². The molecule has 0 spiro atoms. The molecule has 1 aliphatic rings. The highest BCUT2D eigenvalue weighted by Gasteiger charge is 2.19. The second-order valence-electron chi connectivity index (χ2n) is 3.09. The van der Waals surface area contributed by atoms with Gasteiger partial charge in [0, 0.05) is 5.69 Å². The zero-order valence-corrected chi connectivity index (χ0v) is 7.69. The van der Waals surface area contributed by atoms with Crippen molar-refractivity contribution < 1.29 is 4.79 Å². The average Bonchev–Trinajstić information content (AvgIpc) is 2.49. The van der Waals surface area contributed by atoms with Crippen molar-refractivity contribution in [3.63, 3.8) is 0 Å². The van der Waals surface area contributed by atoms with Crippen LogP contribution in [0.2, 0.25) is 0 Å². The summed E-state index contributed by atoms with van der Waals surface area (Å²) in [6, 6.07) is 7.09. The first-order valence-corrected chi connectivity index (χ1v) is 4.21. The van der Waals surface area contributed by atoms with E-state index >= 15 is 0 Å². The van der Waals surface area contributed by atoms with Gasteiger partial charge in [-0.25, -0.2) is 0 Å². The van der Waals surface area contributed by atoms with Crippen molar-refractivity contribution in [1.29, 1.82) is 0 Å². The van der Waals surface area contributed by atoms with Crippen molar-refractivity contribution in [2.75, 3.05) is 5.73 Å². The van der Waals surface area contributed by atoms with Crippen molar-refractivity contribution >= 4 is 17.2 Å². The molecule has 14 heavy (non-hydrogen) atoms. The Hall–Kier alpha value is -1.97. The Kier molecular flexibility index (Phi) is 1.89. The number of azo groups is 1. The smallest absolute Gasteiger partial charge is 0.297 e. The molecule has 0 aliphatic carbocycles. The molecule has 4 nitrogen and oxygen atoms in total. The Morgan fingerprint density at radius 3 is 2.29 bits per heavy atom. The van der Waals surface area contributed by atoms with E-state index in [4.69, 9.17) is 5.73 Å². The molecule has 0 unspecified atom stereocenters. The number of benzene rings is 1. The SMILES string of the molecule is CC1=C(c2ccc(N)cc2)C(=O)N=N1. The highest BCUT2D eigenvalue weighted by atomic mass is 16.2. The van der Waals surface area contributed by atoms with Crippen LogP contribution in [0.3, 0.4) is 0 Å². The predicted molar refractivity (Wildman–Crippen MR) is 53.3 cm³/mol. The van der Waals surface area contributed by atoms with E-state index in [1.54, 1.807) is 31.2 Å². The monoisotopic (exact) mass is 187 g/mol. The number of amides is 1. The number of nitrogens with zero attached hydrogens (tertiary/aromatic N) is 2. The molecule has 1 aromatic carbocycles. The summed E-state index contributed by atoms with van der Waals surface area (Å²) in [7, 11) is 0. The fourth-order valence-electron chi connectivity index (χ4n) is 1.36. The van der Waals surface area contributed by atoms with Gasteiger partial charge in [-0.3, -0.25) is 4.79 Å². The Morgan fingerprint density at radius 1 is 1.14 bits per heavy atom. The third-order valence-corrected chi connectivity index (χ3v) is 2.07. The fourth-order valence-corrected chi connectivity index (χ4v) is 1.36. The van der Waals surface area contributed by atoms with Crippen LogP contribution in [0.15, 0.2) is 40.2 Å². The normalized spacial score (nSPS) is 15.4. The molecule has 0 bridgehead atoms. The fraction of sp³-hybridized carbons (Fsp3) is 0.100. The molecular formula is C10H9N3O. The Morgan fingerprint density at radius 2 is 1.79 bits per heavy atom. The van der Waals surface area contributed by atoms with E-state index in [1.807, 2.05) is 0 Å². The first-order chi connectivity index (χ1) is 6.68. The first kappa shape index (κ1) is 8.62. The minimum atomic E-state index is -0.285. The number of hydrogen-bond donors (Lipinski definition) is 1. The molecule has 0 aromatic heterocycles. The van der Waals surface area contributed by atoms with Crippen LogP contribution in [0.25, 0.3) is 5.57 Å². The van der Waals surface area contributed by atoms with Crippen LogP contribution >= 0.6 is 0 Å². The van der Waals surface area contributed by atoms with E-state index in [9.17, 15) is 4.79 Å². The number of carbonyl (C=O) groups is 1. The predicted octanol–water partition coefficient (Wildman–Crippen LogP) is 1.99. The molecule has 1 aromatic rings. The molecule has 0 radical (unpaired) electrons. The molecule has 1 heterocycles. The lowest BCUT2D eigenvalue weighted by Crippen LogP contribution is -1.95. The highest BCUT2D eigenvalue weighted by Crippen LogP contribution is 2.26. The van der Waals surface area contributed by atoms with Gasteiger partial charge in [0.1, 0.15) is 0 Å². The second kappa shape index (κ2) is 3.06. The van der Waals surface area contributed by atoms with Gasteiger partial charge in [0.2, 0.25) is 0 Å². The Bertz CT molecular complexity index is 443. The van der Waals surface area contributed by atoms with Gasteiger partial charge in [-0.1, -0.05) is 12.1 Å². The van der Waals surface area contributed by atoms with Crippen molar-refractivity contribution in [3.8, 4) is 0 Å². The summed E-state index contributed by atoms with van der Waals surface area (Å²) in [6.07, 6.45) is 0. The Balaban J connectivity index is 2.47. The zero-order valence-electron chi connectivity index (χ0n) is 7.69. The highest BCUT2D eigenvalue weighted by molar-refractivity contribution is 6.22. The van der Waals surface area contributed by atoms with Gasteiger partial charge in [0.05, 0.1) is 11.3 Å². The summed E-state index contributed by atoms with van der Waals surface area (Å²) in [5.41, 5.74) is 8.24. The standard InChI is InChI=1S/C10H9N3O/c1-6-9(10(14)13-12-6)7-2-4-8(11)5-3-7/h2-5H,11H2,1H3. The number of nitrogens with two attached hydrogens (primary N) is 1. The molecule has 1 aliphatic heterocycles. The van der Waals surface area contributed by atoms with Crippen molar-refractivity contribution in [1.82, 2.24) is 0 Å². The Labute approximate surface area is 81.1 Å². The number of allylic oxidation sites excluding steroid dienone is 1. The lowest BCUT2D eigenvalue weighted by atomic mass is 10.0. The van der Waals surface area contributed by atoms with Crippen molar-refractivity contribution in [2.24, 2.45) is 10.2 Å². The summed E-state index contributed by atoms with van der Waals surface area (Å²) in [5, 5.41) is 7.20. The van der Waals surface area contributed by atoms with Crippen molar-refractivity contribution in [2.45, 2.75) is 6.92 Å². The number of nitrogen functional groups attached to an aromatic ring is 1. The number of carbonyl (C=O) groups excluding carboxylic acids is 1. The van der Waals surface area contributed by atoms with E-state index in [2.05, 4.69) is 10.2 Å². The van der Waals surface area contributed by atoms with Gasteiger partial charge in [-0.05, 0) is 24.6 Å². The maximum absolute atomic E-state index is 11.3. The topological polar surface area (TPSA) is 67.8 Å². The van der Waals surface area contributed by atoms with Crippen LogP contribution in [0.4, 0.5) is 5.69 Å². The van der Waals surface area contributed by atoms with Crippen LogP contribution in [0.5, 0.6) is 0 Å². The van der Waals surface area contributed by atoms with Gasteiger partial charge >= 0.3 is 0 Å². The number of hydrogen-bond acceptors (Lipinski definition) is 3. The number of rotatable bonds is 1. The molecule has 2 N–H and O–H groups in total. The van der Waals surface area contributed by atoms with Crippen LogP contribution in [0, 0.1) is 0 Å². The molecule has 70 valence electrons. The summed E-state index contributed by atoms with van der Waals surface area (Å²) in [6.45, 7) is 1.76. The van der Waals surface area contributed by atoms with E-state index in [0.717, 1.165) is 5.56 Å². The average molecular weight is 187 g/mol. The van der Waals surface area contributed by atoms with Gasteiger partial charge in [-0.2, -0.15) is 5.11 Å². The lowest BCUT2D eigenvalue weighted by Gasteiger charge is -2.00. The molecule has 0 saturated carbocycles. The molecule has 1 amide bonds. The summed E-state index contributed by atoms with van der Waals surface area (Å²) in [5.74, 6) is -0.285. The van der Waals surface area contributed by atoms with Crippen LogP contribution in [-0.4, -0.2) is 5.91 Å². The van der Waals surface area contributed by atoms with E-state index in [0.29, 0.717) is 17.0 Å². The molecule has 0 saturated heterocycles. The van der Waals surface area contributed by atoms with Crippen molar-refractivity contribution in [3.05, 3.63) is 35.5 Å². The molecule has 4 heteroatoms. The summed E-state index contributed by atoms with van der Waals surface area (Å²) < 4.78 is 0. The second-order valence-corrected chi connectivity index (χ2v) is 3.09. The van der Waals surface area contributed by atoms with E-state index in [1.165, 1.54) is 0 Å². The molecular weight excluding hydrogens is 178 g/mol. The van der Waals surface area contributed by atoms with Crippen LogP contribution in [0.1, 0.15) is 12.5 Å². The number of anilines is 1. The third-order valence-electron chi connectivity index (χ3n) is 2.07. The van der Waals surface area contributed by atoms with Gasteiger partial charge < -0.3 is 5.73 Å². The third kappa shape index (κ3) is 1.31. The largest absolute Gasteiger partial charge is 0.399 e. The first-order valence-electron chi connectivity index (χ1n) is 4.21.